The van der Waals surface area contributed by atoms with Gasteiger partial charge in [-0.3, -0.25) is 4.55 Å². The summed E-state index contributed by atoms with van der Waals surface area (Å²) in [4.78, 5) is 0. The number of rotatable bonds is 11. The number of ether oxygens (including phenoxy) is 6. The van der Waals surface area contributed by atoms with Gasteiger partial charge in [-0.2, -0.15) is 8.42 Å². The molecule has 0 amide bonds. The highest BCUT2D eigenvalue weighted by Gasteiger charge is 2.60. The van der Waals surface area contributed by atoms with Crippen molar-refractivity contribution in [3.8, 4) is 0 Å². The Labute approximate surface area is 233 Å². The lowest BCUT2D eigenvalue weighted by Gasteiger charge is -2.51. The van der Waals surface area contributed by atoms with Crippen molar-refractivity contribution in [2.75, 3.05) is 32.2 Å². The van der Waals surface area contributed by atoms with Gasteiger partial charge in [0.2, 0.25) is 5.79 Å². The minimum Gasteiger partial charge on any atom is -0.394 e. The van der Waals surface area contributed by atoms with Gasteiger partial charge >= 0.3 is 0 Å². The summed E-state index contributed by atoms with van der Waals surface area (Å²) in [5.74, 6) is -4.56. The molecule has 0 aliphatic carbocycles. The first-order chi connectivity index (χ1) is 19.1. The van der Waals surface area contributed by atoms with Gasteiger partial charge in [-0.15, -0.1) is 0 Å². The Bertz CT molecular complexity index is 938. The Morgan fingerprint density at radius 1 is 0.707 bits per heavy atom. The predicted molar refractivity (Wildman–Crippen MR) is 126 cm³/mol. The Morgan fingerprint density at radius 2 is 1.27 bits per heavy atom. The fourth-order valence-electron chi connectivity index (χ4n) is 4.75. The van der Waals surface area contributed by atoms with E-state index in [1.807, 2.05) is 0 Å². The zero-order valence-corrected chi connectivity index (χ0v) is 22.5. The van der Waals surface area contributed by atoms with E-state index < -0.39 is 127 Å². The minimum absolute atomic E-state index is 0.349. The Morgan fingerprint density at radius 3 is 1.80 bits per heavy atom. The van der Waals surface area contributed by atoms with Gasteiger partial charge in [-0.05, 0) is 6.92 Å². The van der Waals surface area contributed by atoms with E-state index in [1.54, 1.807) is 0 Å². The SMILES string of the molecule is CC1O[C@@H](OCCO[C@@H]2OC(CO)[C@H](O)C(O[C@@]3(CS(=O)(=O)O)OC(CO)[C@@H](O)C(O)C3O)C2O)C(O)C(O)[C@@H]1O. The quantitative estimate of drug-likeness (QED) is 0.0749. The van der Waals surface area contributed by atoms with E-state index in [1.165, 1.54) is 6.92 Å². The van der Waals surface area contributed by atoms with E-state index in [0.717, 1.165) is 0 Å². The van der Waals surface area contributed by atoms with Gasteiger partial charge in [0.25, 0.3) is 10.1 Å². The van der Waals surface area contributed by atoms with Crippen molar-refractivity contribution in [1.29, 1.82) is 0 Å². The number of hydrogen-bond donors (Lipinski definition) is 11. The van der Waals surface area contributed by atoms with E-state index in [0.29, 0.717) is 0 Å². The third-order valence-corrected chi connectivity index (χ3v) is 7.80. The smallest absolute Gasteiger partial charge is 0.270 e. The predicted octanol–water partition coefficient (Wildman–Crippen LogP) is -7.27. The molecule has 3 saturated heterocycles. The highest BCUT2D eigenvalue weighted by atomic mass is 32.2. The molecule has 41 heavy (non-hydrogen) atoms. The van der Waals surface area contributed by atoms with Crippen molar-refractivity contribution in [3.63, 3.8) is 0 Å². The summed E-state index contributed by atoms with van der Waals surface area (Å²) in [7, 11) is -5.09. The monoisotopic (exact) mass is 626 g/mol. The van der Waals surface area contributed by atoms with Crippen molar-refractivity contribution in [3.05, 3.63) is 0 Å². The maximum atomic E-state index is 11.8. The van der Waals surface area contributed by atoms with Crippen LogP contribution in [0, 0.1) is 0 Å². The Hall–Kier alpha value is -0.730. The molecule has 0 radical (unpaired) electrons. The van der Waals surface area contributed by atoms with Gasteiger partial charge in [-0.1, -0.05) is 0 Å². The molecule has 0 bridgehead atoms. The van der Waals surface area contributed by atoms with E-state index in [4.69, 9.17) is 28.4 Å². The minimum atomic E-state index is -5.09. The fourth-order valence-corrected chi connectivity index (χ4v) is 5.57. The standard InChI is InChI=1S/C21H38O19S/c1-7-10(24)13(27)15(29)19(37-7)35-2-3-36-20-16(30)17(12(26)8(4-22)38-20)40-21(6-41(32,33)34)18(31)14(28)11(25)9(5-23)39-21/h7-20,22-31H,2-6H2,1H3,(H,32,33,34)/t7?,8?,9?,10-,11-,12+,13?,14?,15?,16?,17?,18?,19-,20-,21-/m1/s1. The molecule has 0 aromatic rings. The molecule has 3 aliphatic rings. The third kappa shape index (κ3) is 7.68. The average Bonchev–Trinajstić information content (AvgIpc) is 2.91. The first-order valence-electron chi connectivity index (χ1n) is 12.6. The van der Waals surface area contributed by atoms with Crippen LogP contribution in [0.4, 0.5) is 0 Å². The molecule has 11 N–H and O–H groups in total. The second-order valence-corrected chi connectivity index (χ2v) is 11.5. The Balaban J connectivity index is 1.74. The molecule has 20 heteroatoms. The molecular weight excluding hydrogens is 588 g/mol. The maximum Gasteiger partial charge on any atom is 0.270 e. The molecule has 3 aliphatic heterocycles. The van der Waals surface area contributed by atoms with Gasteiger partial charge in [-0.25, -0.2) is 0 Å². The zero-order chi connectivity index (χ0) is 30.9. The van der Waals surface area contributed by atoms with E-state index in [-0.39, 0.29) is 6.61 Å². The second kappa shape index (κ2) is 13.9. The van der Waals surface area contributed by atoms with Gasteiger partial charge < -0.3 is 79.5 Å². The molecule has 0 spiro atoms. The molecule has 0 aromatic carbocycles. The van der Waals surface area contributed by atoms with Crippen molar-refractivity contribution in [2.45, 2.75) is 98.5 Å². The summed E-state index contributed by atoms with van der Waals surface area (Å²) in [6.45, 7) is -1.23. The first-order valence-corrected chi connectivity index (χ1v) is 14.2. The summed E-state index contributed by atoms with van der Waals surface area (Å²) in [5.41, 5.74) is 0. The van der Waals surface area contributed by atoms with Gasteiger partial charge in [0, 0.05) is 0 Å². The van der Waals surface area contributed by atoms with Crippen LogP contribution in [-0.2, 0) is 38.5 Å². The molecule has 3 fully saturated rings. The first kappa shape index (κ1) is 34.8. The van der Waals surface area contributed by atoms with Crippen molar-refractivity contribution < 1.29 is 92.5 Å². The molecule has 242 valence electrons. The van der Waals surface area contributed by atoms with Gasteiger partial charge in [0.05, 0.1) is 32.5 Å². The van der Waals surface area contributed by atoms with Crippen LogP contribution in [-0.4, -0.2) is 188 Å². The van der Waals surface area contributed by atoms with Crippen LogP contribution in [0.2, 0.25) is 0 Å². The van der Waals surface area contributed by atoms with Crippen LogP contribution < -0.4 is 0 Å². The number of hydrogen-bond acceptors (Lipinski definition) is 18. The largest absolute Gasteiger partial charge is 0.394 e. The van der Waals surface area contributed by atoms with Crippen LogP contribution in [0.5, 0.6) is 0 Å². The van der Waals surface area contributed by atoms with E-state index in [2.05, 4.69) is 0 Å². The summed E-state index contributed by atoms with van der Waals surface area (Å²) in [6.07, 6.45) is -24.3. The molecule has 3 rings (SSSR count). The summed E-state index contributed by atoms with van der Waals surface area (Å²) >= 11 is 0. The van der Waals surface area contributed by atoms with Gasteiger partial charge in [0.15, 0.2) is 12.6 Å². The van der Waals surface area contributed by atoms with Crippen LogP contribution in [0.15, 0.2) is 0 Å². The summed E-state index contributed by atoms with van der Waals surface area (Å²) in [6, 6.07) is 0. The molecule has 3 heterocycles. The number of aliphatic hydroxyl groups is 10. The van der Waals surface area contributed by atoms with Crippen LogP contribution >= 0.6 is 0 Å². The second-order valence-electron chi connectivity index (χ2n) is 10.0. The lowest BCUT2D eigenvalue weighted by atomic mass is 9.92. The highest BCUT2D eigenvalue weighted by Crippen LogP contribution is 2.37. The maximum absolute atomic E-state index is 11.8. The lowest BCUT2D eigenvalue weighted by Crippen LogP contribution is -2.71. The number of aliphatic hydroxyl groups excluding tert-OH is 10. The summed E-state index contributed by atoms with van der Waals surface area (Å²) in [5, 5.41) is 101. The summed E-state index contributed by atoms with van der Waals surface area (Å²) < 4.78 is 65.1. The molecule has 19 nitrogen and oxygen atoms in total. The highest BCUT2D eigenvalue weighted by molar-refractivity contribution is 7.85. The van der Waals surface area contributed by atoms with Gasteiger partial charge in [0.1, 0.15) is 72.9 Å². The zero-order valence-electron chi connectivity index (χ0n) is 21.7. The van der Waals surface area contributed by atoms with Crippen LogP contribution in [0.3, 0.4) is 0 Å². The lowest BCUT2D eigenvalue weighted by molar-refractivity contribution is -0.398. The third-order valence-electron chi connectivity index (χ3n) is 7.03. The van der Waals surface area contributed by atoms with Crippen molar-refractivity contribution >= 4 is 10.1 Å². The molecule has 9 unspecified atom stereocenters. The van der Waals surface area contributed by atoms with E-state index in [9.17, 15) is 64.0 Å². The van der Waals surface area contributed by atoms with Crippen LogP contribution in [0.25, 0.3) is 0 Å². The molecule has 15 atom stereocenters. The molecule has 0 aromatic heterocycles. The van der Waals surface area contributed by atoms with Crippen molar-refractivity contribution in [2.24, 2.45) is 0 Å². The van der Waals surface area contributed by atoms with E-state index >= 15 is 0 Å². The molecular formula is C21H38O19S. The average molecular weight is 627 g/mol. The Kier molecular flexibility index (Phi) is 11.8. The fraction of sp³-hybridized carbons (Fsp3) is 1.00. The topological polar surface area (TPSA) is 312 Å². The van der Waals surface area contributed by atoms with Crippen LogP contribution in [0.1, 0.15) is 6.92 Å². The van der Waals surface area contributed by atoms with Crippen molar-refractivity contribution in [1.82, 2.24) is 0 Å². The normalized spacial score (nSPS) is 47.8. The molecule has 0 saturated carbocycles.